The minimum Gasteiger partial charge on any atom is -0.220 e. The minimum absolute atomic E-state index is 0.208. The molecule has 0 N–H and O–H groups in total. The van der Waals surface area contributed by atoms with E-state index < -0.39 is 0 Å². The van der Waals surface area contributed by atoms with Crippen LogP contribution in [0.3, 0.4) is 0 Å². The highest BCUT2D eigenvalue weighted by molar-refractivity contribution is 7.16. The zero-order chi connectivity index (χ0) is 12.0. The van der Waals surface area contributed by atoms with Gasteiger partial charge in [0.05, 0.1) is 22.3 Å². The topological polar surface area (TPSA) is 43.6 Å². The Bertz CT molecular complexity index is 684. The summed E-state index contributed by atoms with van der Waals surface area (Å²) in [7, 11) is 0. The van der Waals surface area contributed by atoms with Crippen molar-refractivity contribution < 1.29 is 0 Å². The molecule has 0 radical (unpaired) electrons. The Hall–Kier alpha value is -1.17. The molecule has 0 saturated carbocycles. The molecular formula is C10H6Cl2N4S. The highest BCUT2D eigenvalue weighted by Gasteiger charge is 2.12. The van der Waals surface area contributed by atoms with E-state index in [0.29, 0.717) is 10.8 Å². The molecule has 0 amide bonds. The van der Waals surface area contributed by atoms with Gasteiger partial charge in [0.25, 0.3) is 0 Å². The first-order valence-corrected chi connectivity index (χ1v) is 6.41. The lowest BCUT2D eigenvalue weighted by atomic mass is 10.4. The number of rotatable bonds is 1. The molecule has 0 unspecified atom stereocenters. The standard InChI is InChI=1S/C10H6Cl2N4S/c1-5-7(11)4-16(15-5)8-6-2-3-17-9(6)14-10(12)13-8/h2-4H,1H3. The lowest BCUT2D eigenvalue weighted by Crippen LogP contribution is -2.00. The fourth-order valence-corrected chi connectivity index (χ4v) is 2.64. The monoisotopic (exact) mass is 284 g/mol. The smallest absolute Gasteiger partial charge is 0.220 e. The second kappa shape index (κ2) is 3.94. The first kappa shape index (κ1) is 11.0. The Morgan fingerprint density at radius 2 is 2.12 bits per heavy atom. The molecule has 3 heterocycles. The Balaban J connectivity index is 2.32. The van der Waals surface area contributed by atoms with Gasteiger partial charge in [0.1, 0.15) is 4.83 Å². The van der Waals surface area contributed by atoms with Gasteiger partial charge in [-0.25, -0.2) is 9.67 Å². The number of halogens is 2. The van der Waals surface area contributed by atoms with Crippen LogP contribution in [-0.4, -0.2) is 19.7 Å². The predicted molar refractivity (Wildman–Crippen MR) is 69.3 cm³/mol. The second-order valence-corrected chi connectivity index (χ2v) is 5.10. The van der Waals surface area contributed by atoms with Gasteiger partial charge in [0, 0.05) is 0 Å². The van der Waals surface area contributed by atoms with Crippen molar-refractivity contribution in [1.82, 2.24) is 19.7 Å². The van der Waals surface area contributed by atoms with Gasteiger partial charge >= 0.3 is 0 Å². The van der Waals surface area contributed by atoms with E-state index in [2.05, 4.69) is 15.1 Å². The van der Waals surface area contributed by atoms with Crippen molar-refractivity contribution in [3.63, 3.8) is 0 Å². The SMILES string of the molecule is Cc1nn(-c2nc(Cl)nc3sccc23)cc1Cl. The van der Waals surface area contributed by atoms with Gasteiger partial charge in [-0.1, -0.05) is 11.6 Å². The number of aryl methyl sites for hydroxylation is 1. The van der Waals surface area contributed by atoms with Crippen molar-refractivity contribution >= 4 is 44.8 Å². The molecule has 0 saturated heterocycles. The van der Waals surface area contributed by atoms with Crippen molar-refractivity contribution in [1.29, 1.82) is 0 Å². The van der Waals surface area contributed by atoms with Gasteiger partial charge in [-0.3, -0.25) is 0 Å². The molecular weight excluding hydrogens is 279 g/mol. The Kier molecular flexibility index (Phi) is 2.54. The summed E-state index contributed by atoms with van der Waals surface area (Å²) in [6.45, 7) is 1.84. The summed E-state index contributed by atoms with van der Waals surface area (Å²) in [6.07, 6.45) is 1.71. The van der Waals surface area contributed by atoms with Crippen LogP contribution in [0.2, 0.25) is 10.3 Å². The normalized spacial score (nSPS) is 11.2. The van der Waals surface area contributed by atoms with Crippen LogP contribution in [0.15, 0.2) is 17.6 Å². The first-order valence-electron chi connectivity index (χ1n) is 4.78. The van der Waals surface area contributed by atoms with Crippen molar-refractivity contribution in [2.45, 2.75) is 6.92 Å². The molecule has 0 aliphatic carbocycles. The maximum atomic E-state index is 5.99. The van der Waals surface area contributed by atoms with Crippen molar-refractivity contribution in [2.24, 2.45) is 0 Å². The molecule has 0 fully saturated rings. The molecule has 3 aromatic heterocycles. The highest BCUT2D eigenvalue weighted by atomic mass is 35.5. The summed E-state index contributed by atoms with van der Waals surface area (Å²) in [4.78, 5) is 9.19. The van der Waals surface area contributed by atoms with Crippen LogP contribution in [-0.2, 0) is 0 Å². The van der Waals surface area contributed by atoms with Crippen molar-refractivity contribution in [3.05, 3.63) is 33.6 Å². The third kappa shape index (κ3) is 1.80. The number of fused-ring (bicyclic) bond motifs is 1. The van der Waals surface area contributed by atoms with E-state index in [1.807, 2.05) is 18.4 Å². The summed E-state index contributed by atoms with van der Waals surface area (Å²) >= 11 is 13.4. The third-order valence-corrected chi connectivity index (χ3v) is 3.68. The van der Waals surface area contributed by atoms with Crippen LogP contribution in [0.5, 0.6) is 0 Å². The maximum Gasteiger partial charge on any atom is 0.225 e. The number of hydrogen-bond donors (Lipinski definition) is 0. The van der Waals surface area contributed by atoms with Crippen molar-refractivity contribution in [2.75, 3.05) is 0 Å². The quantitative estimate of drug-likeness (QED) is 0.643. The lowest BCUT2D eigenvalue weighted by molar-refractivity contribution is 0.837. The molecule has 0 aliphatic rings. The average Bonchev–Trinajstić information content (AvgIpc) is 2.85. The Labute approximate surface area is 111 Å². The molecule has 0 bridgehead atoms. The predicted octanol–water partition coefficient (Wildman–Crippen LogP) is 3.49. The molecule has 0 aromatic carbocycles. The maximum absolute atomic E-state index is 5.99. The third-order valence-electron chi connectivity index (χ3n) is 2.33. The molecule has 0 spiro atoms. The first-order chi connectivity index (χ1) is 8.15. The fraction of sp³-hybridized carbons (Fsp3) is 0.100. The molecule has 3 rings (SSSR count). The van der Waals surface area contributed by atoms with E-state index in [9.17, 15) is 0 Å². The van der Waals surface area contributed by atoms with Crippen LogP contribution in [0.4, 0.5) is 0 Å². The minimum atomic E-state index is 0.208. The number of aromatic nitrogens is 4. The van der Waals surface area contributed by atoms with E-state index in [1.54, 1.807) is 10.9 Å². The van der Waals surface area contributed by atoms with Crippen LogP contribution < -0.4 is 0 Å². The summed E-state index contributed by atoms with van der Waals surface area (Å²) in [6, 6.07) is 1.94. The molecule has 4 nitrogen and oxygen atoms in total. The fourth-order valence-electron chi connectivity index (χ4n) is 1.54. The molecule has 86 valence electrons. The van der Waals surface area contributed by atoms with Crippen LogP contribution in [0.25, 0.3) is 16.0 Å². The Morgan fingerprint density at radius 3 is 2.82 bits per heavy atom. The van der Waals surface area contributed by atoms with Crippen LogP contribution in [0, 0.1) is 6.92 Å². The van der Waals surface area contributed by atoms with E-state index in [4.69, 9.17) is 23.2 Å². The van der Waals surface area contributed by atoms with Crippen LogP contribution in [0.1, 0.15) is 5.69 Å². The summed E-state index contributed by atoms with van der Waals surface area (Å²) in [5, 5.41) is 7.96. The van der Waals surface area contributed by atoms with Gasteiger partial charge in [0.2, 0.25) is 5.28 Å². The van der Waals surface area contributed by atoms with E-state index in [-0.39, 0.29) is 5.28 Å². The van der Waals surface area contributed by atoms with Gasteiger partial charge in [-0.2, -0.15) is 10.1 Å². The summed E-state index contributed by atoms with van der Waals surface area (Å²) in [5.74, 6) is 0.649. The summed E-state index contributed by atoms with van der Waals surface area (Å²) in [5.41, 5.74) is 0.754. The second-order valence-electron chi connectivity index (χ2n) is 3.46. The summed E-state index contributed by atoms with van der Waals surface area (Å²) < 4.78 is 1.63. The van der Waals surface area contributed by atoms with Crippen LogP contribution >= 0.6 is 34.5 Å². The molecule has 0 atom stereocenters. The highest BCUT2D eigenvalue weighted by Crippen LogP contribution is 2.26. The molecule has 0 aliphatic heterocycles. The largest absolute Gasteiger partial charge is 0.225 e. The molecule has 17 heavy (non-hydrogen) atoms. The zero-order valence-electron chi connectivity index (χ0n) is 8.69. The van der Waals surface area contributed by atoms with Gasteiger partial charge < -0.3 is 0 Å². The number of nitrogens with zero attached hydrogens (tertiary/aromatic N) is 4. The Morgan fingerprint density at radius 1 is 1.29 bits per heavy atom. The number of thiophene rings is 1. The van der Waals surface area contributed by atoms with E-state index >= 15 is 0 Å². The molecule has 3 aromatic rings. The van der Waals surface area contributed by atoms with Gasteiger partial charge in [-0.05, 0) is 30.0 Å². The van der Waals surface area contributed by atoms with E-state index in [0.717, 1.165) is 15.9 Å². The average molecular weight is 285 g/mol. The zero-order valence-corrected chi connectivity index (χ0v) is 11.0. The van der Waals surface area contributed by atoms with Gasteiger partial charge in [-0.15, -0.1) is 11.3 Å². The number of hydrogen-bond acceptors (Lipinski definition) is 4. The lowest BCUT2D eigenvalue weighted by Gasteiger charge is -2.02. The molecule has 7 heteroatoms. The van der Waals surface area contributed by atoms with Gasteiger partial charge in [0.15, 0.2) is 5.82 Å². The van der Waals surface area contributed by atoms with Crippen molar-refractivity contribution in [3.8, 4) is 5.82 Å². The van der Waals surface area contributed by atoms with E-state index in [1.165, 1.54) is 11.3 Å².